The van der Waals surface area contributed by atoms with Gasteiger partial charge in [-0.3, -0.25) is 4.79 Å². The highest BCUT2D eigenvalue weighted by molar-refractivity contribution is 5.71. The van der Waals surface area contributed by atoms with Gasteiger partial charge < -0.3 is 10.1 Å². The van der Waals surface area contributed by atoms with Gasteiger partial charge in [-0.1, -0.05) is 0 Å². The molecule has 15 heavy (non-hydrogen) atoms. The monoisotopic (exact) mass is 215 g/mol. The maximum absolute atomic E-state index is 13.3. The Morgan fingerprint density at radius 1 is 1.33 bits per heavy atom. The van der Waals surface area contributed by atoms with Crippen molar-refractivity contribution in [2.45, 2.75) is 20.0 Å². The van der Waals surface area contributed by atoms with Gasteiger partial charge >= 0.3 is 0 Å². The minimum absolute atomic E-state index is 0.0520. The number of benzene rings is 1. The van der Waals surface area contributed by atoms with Crippen LogP contribution in [0, 0.1) is 11.6 Å². The van der Waals surface area contributed by atoms with Crippen LogP contribution in [0.5, 0.6) is 5.75 Å². The Bertz CT molecular complexity index is 343. The van der Waals surface area contributed by atoms with Crippen LogP contribution in [0.3, 0.4) is 0 Å². The third kappa shape index (κ3) is 2.90. The van der Waals surface area contributed by atoms with Crippen molar-refractivity contribution in [1.29, 1.82) is 0 Å². The summed E-state index contributed by atoms with van der Waals surface area (Å²) in [7, 11) is 0. The molecule has 3 nitrogen and oxygen atoms in total. The average molecular weight is 215 g/mol. The number of ether oxygens (including phenoxy) is 1. The van der Waals surface area contributed by atoms with Crippen LogP contribution in [-0.2, 0) is 4.79 Å². The molecule has 0 aliphatic carbocycles. The Hall–Kier alpha value is -1.65. The summed E-state index contributed by atoms with van der Waals surface area (Å²) in [6, 6.07) is 1.99. The van der Waals surface area contributed by atoms with E-state index in [4.69, 9.17) is 4.74 Å². The van der Waals surface area contributed by atoms with E-state index in [1.807, 2.05) is 0 Å². The topological polar surface area (TPSA) is 38.3 Å². The zero-order valence-electron chi connectivity index (χ0n) is 8.38. The van der Waals surface area contributed by atoms with E-state index in [-0.39, 0.29) is 11.8 Å². The molecule has 0 aliphatic rings. The van der Waals surface area contributed by atoms with E-state index in [2.05, 4.69) is 5.32 Å². The number of nitrogens with one attached hydrogen (secondary N) is 1. The molecule has 0 bridgehead atoms. The van der Waals surface area contributed by atoms with Gasteiger partial charge in [-0.15, -0.1) is 0 Å². The molecular weight excluding hydrogens is 204 g/mol. The van der Waals surface area contributed by atoms with Crippen molar-refractivity contribution in [3.05, 3.63) is 23.8 Å². The first-order chi connectivity index (χ1) is 7.04. The fraction of sp³-hybridized carbons (Fsp3) is 0.300. The van der Waals surface area contributed by atoms with Crippen molar-refractivity contribution < 1.29 is 18.3 Å². The molecule has 0 unspecified atom stereocenters. The van der Waals surface area contributed by atoms with Crippen LogP contribution < -0.4 is 10.1 Å². The zero-order chi connectivity index (χ0) is 11.4. The smallest absolute Gasteiger partial charge is 0.211 e. The molecule has 0 radical (unpaired) electrons. The van der Waals surface area contributed by atoms with Crippen molar-refractivity contribution >= 4 is 12.1 Å². The lowest BCUT2D eigenvalue weighted by Crippen LogP contribution is -2.09. The second kappa shape index (κ2) is 4.72. The summed E-state index contributed by atoms with van der Waals surface area (Å²) in [5, 5.41) is 2.15. The van der Waals surface area contributed by atoms with Crippen molar-refractivity contribution in [2.24, 2.45) is 0 Å². The second-order valence-corrected chi connectivity index (χ2v) is 3.20. The van der Waals surface area contributed by atoms with E-state index in [1.165, 1.54) is 0 Å². The first kappa shape index (κ1) is 11.4. The van der Waals surface area contributed by atoms with Gasteiger partial charge in [0.25, 0.3) is 0 Å². The molecule has 0 heterocycles. The van der Waals surface area contributed by atoms with Gasteiger partial charge in [0.15, 0.2) is 17.4 Å². The fourth-order valence-electron chi connectivity index (χ4n) is 1.06. The van der Waals surface area contributed by atoms with Crippen LogP contribution in [0.4, 0.5) is 14.5 Å². The highest BCUT2D eigenvalue weighted by Gasteiger charge is 2.13. The number of halogens is 2. The zero-order valence-corrected chi connectivity index (χ0v) is 8.38. The van der Waals surface area contributed by atoms with E-state index in [1.54, 1.807) is 13.8 Å². The highest BCUT2D eigenvalue weighted by Crippen LogP contribution is 2.26. The molecule has 0 aliphatic heterocycles. The van der Waals surface area contributed by atoms with E-state index in [0.29, 0.717) is 6.41 Å². The molecule has 0 saturated carbocycles. The van der Waals surface area contributed by atoms with Gasteiger partial charge in [-0.05, 0) is 13.8 Å². The van der Waals surface area contributed by atoms with Gasteiger partial charge in [0, 0.05) is 17.8 Å². The molecule has 1 aromatic rings. The Morgan fingerprint density at radius 3 is 2.27 bits per heavy atom. The highest BCUT2D eigenvalue weighted by atomic mass is 19.1. The van der Waals surface area contributed by atoms with Crippen molar-refractivity contribution in [3.63, 3.8) is 0 Å². The largest absolute Gasteiger partial charge is 0.485 e. The number of rotatable bonds is 4. The van der Waals surface area contributed by atoms with E-state index in [0.717, 1.165) is 12.1 Å². The quantitative estimate of drug-likeness (QED) is 0.783. The lowest BCUT2D eigenvalue weighted by atomic mass is 10.2. The van der Waals surface area contributed by atoms with Crippen LogP contribution in [-0.4, -0.2) is 12.5 Å². The molecule has 0 fully saturated rings. The van der Waals surface area contributed by atoms with Crippen molar-refractivity contribution in [3.8, 4) is 5.75 Å². The SMILES string of the molecule is CC(C)Oc1c(F)cc(NC=O)cc1F. The van der Waals surface area contributed by atoms with Crippen LogP contribution in [0.25, 0.3) is 0 Å². The normalized spacial score (nSPS) is 10.2. The molecular formula is C10H11F2NO2. The molecule has 1 rings (SSSR count). The molecule has 1 N–H and O–H groups in total. The number of anilines is 1. The maximum Gasteiger partial charge on any atom is 0.211 e. The molecule has 1 amide bonds. The molecule has 0 saturated heterocycles. The van der Waals surface area contributed by atoms with Gasteiger partial charge in [0.1, 0.15) is 0 Å². The molecule has 0 atom stereocenters. The third-order valence-corrected chi connectivity index (χ3v) is 1.58. The van der Waals surface area contributed by atoms with Crippen LogP contribution in [0.15, 0.2) is 12.1 Å². The predicted octanol–water partition coefficient (Wildman–Crippen LogP) is 2.32. The van der Waals surface area contributed by atoms with E-state index >= 15 is 0 Å². The predicted molar refractivity (Wildman–Crippen MR) is 51.8 cm³/mol. The third-order valence-electron chi connectivity index (χ3n) is 1.58. The lowest BCUT2D eigenvalue weighted by molar-refractivity contribution is -0.105. The minimum Gasteiger partial charge on any atom is -0.485 e. The molecule has 5 heteroatoms. The summed E-state index contributed by atoms with van der Waals surface area (Å²) in [6.45, 7) is 3.33. The first-order valence-corrected chi connectivity index (χ1v) is 4.40. The molecule has 1 aromatic carbocycles. The van der Waals surface area contributed by atoms with E-state index in [9.17, 15) is 13.6 Å². The van der Waals surface area contributed by atoms with Crippen LogP contribution >= 0.6 is 0 Å². The van der Waals surface area contributed by atoms with E-state index < -0.39 is 17.4 Å². The van der Waals surface area contributed by atoms with Crippen molar-refractivity contribution in [2.75, 3.05) is 5.32 Å². The Kier molecular flexibility index (Phi) is 3.60. The fourth-order valence-corrected chi connectivity index (χ4v) is 1.06. The average Bonchev–Trinajstić information content (AvgIpc) is 2.11. The van der Waals surface area contributed by atoms with Gasteiger partial charge in [0.05, 0.1) is 6.10 Å². The Balaban J connectivity index is 3.03. The summed E-state index contributed by atoms with van der Waals surface area (Å²) in [4.78, 5) is 10.1. The number of hydrogen-bond donors (Lipinski definition) is 1. The number of carbonyl (C=O) groups excluding carboxylic acids is 1. The standard InChI is InChI=1S/C10H11F2NO2/c1-6(2)15-10-8(11)3-7(13-5-14)4-9(10)12/h3-6H,1-2H3,(H,13,14). The molecule has 0 spiro atoms. The summed E-state index contributed by atoms with van der Waals surface area (Å²) in [5.41, 5.74) is 0.0520. The summed E-state index contributed by atoms with van der Waals surface area (Å²) >= 11 is 0. The van der Waals surface area contributed by atoms with Crippen LogP contribution in [0.2, 0.25) is 0 Å². The van der Waals surface area contributed by atoms with Gasteiger partial charge in [0.2, 0.25) is 6.41 Å². The number of amides is 1. The van der Waals surface area contributed by atoms with Crippen molar-refractivity contribution in [1.82, 2.24) is 0 Å². The number of hydrogen-bond acceptors (Lipinski definition) is 2. The summed E-state index contributed by atoms with van der Waals surface area (Å²) < 4.78 is 31.5. The Morgan fingerprint density at radius 2 is 1.87 bits per heavy atom. The minimum atomic E-state index is -0.840. The summed E-state index contributed by atoms with van der Waals surface area (Å²) in [5.74, 6) is -2.11. The molecule has 0 aromatic heterocycles. The summed E-state index contributed by atoms with van der Waals surface area (Å²) in [6.07, 6.45) is 0.0240. The van der Waals surface area contributed by atoms with Gasteiger partial charge in [-0.25, -0.2) is 8.78 Å². The van der Waals surface area contributed by atoms with Crippen LogP contribution in [0.1, 0.15) is 13.8 Å². The first-order valence-electron chi connectivity index (χ1n) is 4.40. The lowest BCUT2D eigenvalue weighted by Gasteiger charge is -2.12. The number of carbonyl (C=O) groups is 1. The maximum atomic E-state index is 13.3. The Labute approximate surface area is 86.0 Å². The van der Waals surface area contributed by atoms with Gasteiger partial charge in [-0.2, -0.15) is 0 Å². The second-order valence-electron chi connectivity index (χ2n) is 3.20. The molecule has 82 valence electrons.